The van der Waals surface area contributed by atoms with Crippen LogP contribution in [-0.2, 0) is 19.6 Å². The van der Waals surface area contributed by atoms with Crippen LogP contribution < -0.4 is 5.32 Å². The molecule has 2 nitrogen and oxygen atoms in total. The first-order valence-electron chi connectivity index (χ1n) is 6.84. The van der Waals surface area contributed by atoms with Crippen LogP contribution in [0.25, 0.3) is 0 Å². The van der Waals surface area contributed by atoms with Gasteiger partial charge < -0.3 is 10.4 Å². The van der Waals surface area contributed by atoms with E-state index in [1.807, 2.05) is 36.4 Å². The van der Waals surface area contributed by atoms with Crippen LogP contribution in [0.15, 0.2) is 48.5 Å². The molecule has 20 heavy (non-hydrogen) atoms. The van der Waals surface area contributed by atoms with Gasteiger partial charge in [-0.1, -0.05) is 48.0 Å². The Kier molecular flexibility index (Phi) is 5.60. The van der Waals surface area contributed by atoms with E-state index in [0.29, 0.717) is 6.04 Å². The van der Waals surface area contributed by atoms with Gasteiger partial charge in [0.1, 0.15) is 0 Å². The van der Waals surface area contributed by atoms with Crippen LogP contribution in [0.4, 0.5) is 0 Å². The van der Waals surface area contributed by atoms with E-state index in [0.717, 1.165) is 23.6 Å². The van der Waals surface area contributed by atoms with Gasteiger partial charge in [-0.15, -0.1) is 0 Å². The van der Waals surface area contributed by atoms with E-state index in [1.165, 1.54) is 11.1 Å². The highest BCUT2D eigenvalue weighted by Crippen LogP contribution is 2.11. The molecule has 2 aromatic rings. The number of aliphatic hydroxyl groups is 1. The highest BCUT2D eigenvalue weighted by Gasteiger charge is 2.03. The fraction of sp³-hybridized carbons (Fsp3) is 0.294. The maximum Gasteiger partial charge on any atom is 0.0681 e. The van der Waals surface area contributed by atoms with Crippen LogP contribution in [0.5, 0.6) is 0 Å². The zero-order valence-electron chi connectivity index (χ0n) is 11.6. The van der Waals surface area contributed by atoms with Gasteiger partial charge in [-0.2, -0.15) is 0 Å². The zero-order chi connectivity index (χ0) is 14.4. The number of aliphatic hydroxyl groups excluding tert-OH is 1. The van der Waals surface area contributed by atoms with Crippen LogP contribution in [0.1, 0.15) is 23.6 Å². The minimum Gasteiger partial charge on any atom is -0.392 e. The van der Waals surface area contributed by atoms with Gasteiger partial charge in [0.25, 0.3) is 0 Å². The summed E-state index contributed by atoms with van der Waals surface area (Å²) >= 11 is 5.88. The molecule has 0 amide bonds. The Morgan fingerprint density at radius 1 is 0.950 bits per heavy atom. The summed E-state index contributed by atoms with van der Waals surface area (Å²) in [7, 11) is 0. The second kappa shape index (κ2) is 7.44. The second-order valence-electron chi connectivity index (χ2n) is 5.09. The van der Waals surface area contributed by atoms with Crippen LogP contribution in [0.2, 0.25) is 5.02 Å². The number of hydrogen-bond donors (Lipinski definition) is 2. The van der Waals surface area contributed by atoms with Crippen molar-refractivity contribution in [2.24, 2.45) is 0 Å². The minimum absolute atomic E-state index is 0.0979. The molecule has 2 rings (SSSR count). The van der Waals surface area contributed by atoms with Crippen molar-refractivity contribution in [1.29, 1.82) is 0 Å². The average molecular weight is 290 g/mol. The topological polar surface area (TPSA) is 32.3 Å². The Morgan fingerprint density at radius 2 is 1.50 bits per heavy atom. The van der Waals surface area contributed by atoms with Gasteiger partial charge in [-0.05, 0) is 42.2 Å². The van der Waals surface area contributed by atoms with Gasteiger partial charge in [0.2, 0.25) is 0 Å². The van der Waals surface area contributed by atoms with Crippen molar-refractivity contribution in [3.05, 3.63) is 70.2 Å². The Bertz CT molecular complexity index is 522. The monoisotopic (exact) mass is 289 g/mol. The Hall–Kier alpha value is -1.35. The molecular formula is C17H20ClNO. The van der Waals surface area contributed by atoms with Crippen LogP contribution in [-0.4, -0.2) is 11.1 Å². The third kappa shape index (κ3) is 4.64. The van der Waals surface area contributed by atoms with Crippen molar-refractivity contribution >= 4 is 11.6 Å². The molecule has 0 aliphatic carbocycles. The summed E-state index contributed by atoms with van der Waals surface area (Å²) < 4.78 is 0. The van der Waals surface area contributed by atoms with E-state index in [2.05, 4.69) is 24.4 Å². The third-order valence-electron chi connectivity index (χ3n) is 3.32. The van der Waals surface area contributed by atoms with Crippen molar-refractivity contribution in [2.75, 3.05) is 0 Å². The minimum atomic E-state index is 0.0979. The molecule has 0 saturated heterocycles. The van der Waals surface area contributed by atoms with Gasteiger partial charge in [0, 0.05) is 17.6 Å². The molecule has 0 aromatic heterocycles. The number of hydrogen-bond acceptors (Lipinski definition) is 2. The van der Waals surface area contributed by atoms with Gasteiger partial charge in [0.15, 0.2) is 0 Å². The molecule has 0 heterocycles. The summed E-state index contributed by atoms with van der Waals surface area (Å²) in [4.78, 5) is 0. The lowest BCUT2D eigenvalue weighted by atomic mass is 10.1. The fourth-order valence-electron chi connectivity index (χ4n) is 2.10. The predicted octanol–water partition coefficient (Wildman–Crippen LogP) is 3.55. The van der Waals surface area contributed by atoms with Gasteiger partial charge >= 0.3 is 0 Å². The van der Waals surface area contributed by atoms with Crippen LogP contribution >= 0.6 is 11.6 Å². The lowest BCUT2D eigenvalue weighted by Gasteiger charge is -2.14. The maximum atomic E-state index is 9.01. The molecule has 0 radical (unpaired) electrons. The molecule has 0 bridgehead atoms. The molecule has 0 saturated carbocycles. The molecular weight excluding hydrogens is 270 g/mol. The molecule has 2 N–H and O–H groups in total. The predicted molar refractivity (Wildman–Crippen MR) is 83.8 cm³/mol. The number of nitrogens with one attached hydrogen (secondary N) is 1. The van der Waals surface area contributed by atoms with Gasteiger partial charge in [-0.3, -0.25) is 0 Å². The normalized spacial score (nSPS) is 12.3. The fourth-order valence-corrected chi connectivity index (χ4v) is 2.23. The largest absolute Gasteiger partial charge is 0.392 e. The first kappa shape index (κ1) is 15.0. The smallest absolute Gasteiger partial charge is 0.0681 e. The van der Waals surface area contributed by atoms with Crippen molar-refractivity contribution in [3.63, 3.8) is 0 Å². The van der Waals surface area contributed by atoms with Crippen LogP contribution in [0.3, 0.4) is 0 Å². The van der Waals surface area contributed by atoms with Crippen molar-refractivity contribution in [1.82, 2.24) is 5.32 Å². The molecule has 2 aromatic carbocycles. The summed E-state index contributed by atoms with van der Waals surface area (Å²) in [6.45, 7) is 3.11. The Labute approximate surface area is 125 Å². The van der Waals surface area contributed by atoms with Crippen LogP contribution in [0, 0.1) is 0 Å². The van der Waals surface area contributed by atoms with Gasteiger partial charge in [-0.25, -0.2) is 0 Å². The lowest BCUT2D eigenvalue weighted by Crippen LogP contribution is -2.27. The molecule has 1 unspecified atom stereocenters. The zero-order valence-corrected chi connectivity index (χ0v) is 12.4. The standard InChI is InChI=1S/C17H20ClNO/c1-13(10-14-6-8-17(18)9-7-14)19-11-15-2-4-16(12-20)5-3-15/h2-9,13,19-20H,10-12H2,1H3. The molecule has 0 aliphatic heterocycles. The summed E-state index contributed by atoms with van der Waals surface area (Å²) in [5, 5.41) is 13.3. The van der Waals surface area contributed by atoms with E-state index in [1.54, 1.807) is 0 Å². The molecule has 3 heteroatoms. The molecule has 0 fully saturated rings. The number of halogens is 1. The van der Waals surface area contributed by atoms with E-state index in [-0.39, 0.29) is 6.61 Å². The summed E-state index contributed by atoms with van der Waals surface area (Å²) in [6, 6.07) is 16.4. The van der Waals surface area contributed by atoms with E-state index in [4.69, 9.17) is 16.7 Å². The summed E-state index contributed by atoms with van der Waals surface area (Å²) in [5.74, 6) is 0. The molecule has 0 aliphatic rings. The summed E-state index contributed by atoms with van der Waals surface area (Å²) in [6.07, 6.45) is 0.978. The van der Waals surface area contributed by atoms with E-state index in [9.17, 15) is 0 Å². The average Bonchev–Trinajstić information content (AvgIpc) is 2.48. The Balaban J connectivity index is 1.82. The molecule has 1 atom stereocenters. The molecule has 0 spiro atoms. The van der Waals surface area contributed by atoms with E-state index < -0.39 is 0 Å². The maximum absolute atomic E-state index is 9.01. The third-order valence-corrected chi connectivity index (χ3v) is 3.57. The Morgan fingerprint density at radius 3 is 2.10 bits per heavy atom. The lowest BCUT2D eigenvalue weighted by molar-refractivity contribution is 0.282. The van der Waals surface area contributed by atoms with Gasteiger partial charge in [0.05, 0.1) is 6.61 Å². The summed E-state index contributed by atoms with van der Waals surface area (Å²) in [5.41, 5.74) is 3.46. The molecule has 106 valence electrons. The highest BCUT2D eigenvalue weighted by molar-refractivity contribution is 6.30. The SMILES string of the molecule is CC(Cc1ccc(Cl)cc1)NCc1ccc(CO)cc1. The second-order valence-corrected chi connectivity index (χ2v) is 5.52. The van der Waals surface area contributed by atoms with E-state index >= 15 is 0 Å². The quantitative estimate of drug-likeness (QED) is 0.852. The first-order valence-corrected chi connectivity index (χ1v) is 7.21. The number of rotatable bonds is 6. The first-order chi connectivity index (χ1) is 9.67. The highest BCUT2D eigenvalue weighted by atomic mass is 35.5. The van der Waals surface area contributed by atoms with Crippen molar-refractivity contribution in [3.8, 4) is 0 Å². The number of benzene rings is 2. The van der Waals surface area contributed by atoms with Crippen molar-refractivity contribution < 1.29 is 5.11 Å². The van der Waals surface area contributed by atoms with Crippen molar-refractivity contribution in [2.45, 2.75) is 32.5 Å².